The van der Waals surface area contributed by atoms with Crippen LogP contribution in [0.15, 0.2) is 41.0 Å². The number of nitrogens with two attached hydrogens (primary N) is 2. The Kier molecular flexibility index (Phi) is 6.35. The van der Waals surface area contributed by atoms with Crippen LogP contribution in [0.3, 0.4) is 0 Å². The summed E-state index contributed by atoms with van der Waals surface area (Å²) in [4.78, 5) is 22.4. The number of nitrogens with zero attached hydrogens (tertiary/aromatic N) is 3. The second-order valence-corrected chi connectivity index (χ2v) is 7.60. The monoisotopic (exact) mass is 429 g/mol. The van der Waals surface area contributed by atoms with Gasteiger partial charge in [0.1, 0.15) is 5.82 Å². The number of primary amides is 1. The number of aliphatic imine (C=N–C) groups is 1. The molecule has 0 unspecified atom stereocenters. The number of hydrogen-bond donors (Lipinski definition) is 3. The molecule has 2 heterocycles. The molecule has 1 amide bonds. The molecule has 0 aliphatic carbocycles. The first-order valence-electron chi connectivity index (χ1n) is 9.78. The molecule has 31 heavy (non-hydrogen) atoms. The van der Waals surface area contributed by atoms with E-state index in [2.05, 4.69) is 9.98 Å². The van der Waals surface area contributed by atoms with Gasteiger partial charge in [-0.2, -0.15) is 0 Å². The standard InChI is InChI=1S/C22H25F2N5O2/c1-13(25)16(12-27-2)19-9-14(21(26)30)10-20(28-19)29-7-5-22(31,6-8-29)15-3-4-17(23)18(24)11-15/h3-4,9-12,31H,5-8,25H2,1-2H3,(H2,26,30)/b16-13+,27-12?. The van der Waals surface area contributed by atoms with Crippen LogP contribution in [0.2, 0.25) is 0 Å². The third-order valence-electron chi connectivity index (χ3n) is 5.43. The first-order chi connectivity index (χ1) is 14.6. The van der Waals surface area contributed by atoms with E-state index >= 15 is 0 Å². The van der Waals surface area contributed by atoms with Gasteiger partial charge in [0.05, 0.1) is 11.3 Å². The molecule has 9 heteroatoms. The minimum Gasteiger partial charge on any atom is -0.402 e. The lowest BCUT2D eigenvalue weighted by Crippen LogP contribution is -2.43. The van der Waals surface area contributed by atoms with Gasteiger partial charge in [-0.1, -0.05) is 6.07 Å². The van der Waals surface area contributed by atoms with E-state index in [0.29, 0.717) is 41.4 Å². The number of amides is 1. The topological polar surface area (TPSA) is 118 Å². The van der Waals surface area contributed by atoms with E-state index in [1.807, 2.05) is 4.90 Å². The number of allylic oxidation sites excluding steroid dienone is 2. The van der Waals surface area contributed by atoms with Gasteiger partial charge < -0.3 is 21.5 Å². The molecule has 1 aliphatic heterocycles. The molecule has 1 saturated heterocycles. The molecule has 0 bridgehead atoms. The largest absolute Gasteiger partial charge is 0.402 e. The van der Waals surface area contributed by atoms with Crippen LogP contribution < -0.4 is 16.4 Å². The molecule has 1 aliphatic rings. The lowest BCUT2D eigenvalue weighted by molar-refractivity contribution is 0.0113. The Morgan fingerprint density at radius 2 is 1.87 bits per heavy atom. The molecule has 0 radical (unpaired) electrons. The molecule has 0 spiro atoms. The summed E-state index contributed by atoms with van der Waals surface area (Å²) in [6.45, 7) is 2.47. The summed E-state index contributed by atoms with van der Waals surface area (Å²) >= 11 is 0. The Bertz CT molecular complexity index is 1060. The van der Waals surface area contributed by atoms with E-state index < -0.39 is 23.1 Å². The Balaban J connectivity index is 1.91. The average molecular weight is 429 g/mol. The quantitative estimate of drug-likeness (QED) is 0.631. The second-order valence-electron chi connectivity index (χ2n) is 7.60. The number of benzene rings is 1. The van der Waals surface area contributed by atoms with Crippen molar-refractivity contribution in [2.75, 3.05) is 25.0 Å². The van der Waals surface area contributed by atoms with Gasteiger partial charge in [0.2, 0.25) is 5.91 Å². The molecule has 3 rings (SSSR count). The van der Waals surface area contributed by atoms with Crippen molar-refractivity contribution in [2.45, 2.75) is 25.4 Å². The number of anilines is 1. The van der Waals surface area contributed by atoms with Gasteiger partial charge in [-0.15, -0.1) is 0 Å². The van der Waals surface area contributed by atoms with E-state index in [-0.39, 0.29) is 18.4 Å². The minimum absolute atomic E-state index is 0.268. The molecule has 1 aromatic carbocycles. The van der Waals surface area contributed by atoms with E-state index in [4.69, 9.17) is 11.5 Å². The zero-order valence-electron chi connectivity index (χ0n) is 17.4. The van der Waals surface area contributed by atoms with Gasteiger partial charge in [0.15, 0.2) is 11.6 Å². The molecule has 0 saturated carbocycles. The third-order valence-corrected chi connectivity index (χ3v) is 5.43. The van der Waals surface area contributed by atoms with E-state index in [1.54, 1.807) is 32.3 Å². The Morgan fingerprint density at radius 1 is 1.19 bits per heavy atom. The van der Waals surface area contributed by atoms with Crippen LogP contribution in [-0.2, 0) is 5.60 Å². The number of carbonyl (C=O) groups is 1. The molecule has 1 fully saturated rings. The summed E-state index contributed by atoms with van der Waals surface area (Å²) in [5, 5.41) is 11.0. The molecule has 7 nitrogen and oxygen atoms in total. The maximum atomic E-state index is 13.6. The Morgan fingerprint density at radius 3 is 2.42 bits per heavy atom. The van der Waals surface area contributed by atoms with Crippen molar-refractivity contribution in [1.29, 1.82) is 0 Å². The molecular weight excluding hydrogens is 404 g/mol. The highest BCUT2D eigenvalue weighted by atomic mass is 19.2. The van der Waals surface area contributed by atoms with Crippen LogP contribution in [0.1, 0.15) is 41.4 Å². The number of piperidine rings is 1. The van der Waals surface area contributed by atoms with Crippen molar-refractivity contribution >= 4 is 23.5 Å². The maximum Gasteiger partial charge on any atom is 0.248 e. The van der Waals surface area contributed by atoms with Crippen LogP contribution in [0.4, 0.5) is 14.6 Å². The van der Waals surface area contributed by atoms with Crippen LogP contribution in [0, 0.1) is 11.6 Å². The van der Waals surface area contributed by atoms with Gasteiger partial charge in [-0.3, -0.25) is 9.79 Å². The molecule has 2 aromatic rings. The fourth-order valence-corrected chi connectivity index (χ4v) is 3.64. The van der Waals surface area contributed by atoms with E-state index in [9.17, 15) is 18.7 Å². The Hall–Kier alpha value is -3.33. The molecular formula is C22H25F2N5O2. The number of halogens is 2. The highest BCUT2D eigenvalue weighted by molar-refractivity contribution is 6.10. The normalized spacial score (nSPS) is 17.0. The van der Waals surface area contributed by atoms with Crippen molar-refractivity contribution in [1.82, 2.24) is 4.98 Å². The summed E-state index contributed by atoms with van der Waals surface area (Å²) in [6.07, 6.45) is 2.10. The van der Waals surface area contributed by atoms with Crippen molar-refractivity contribution < 1.29 is 18.7 Å². The SMILES string of the molecule is CN=C/C(=C(/C)N)c1cc(C(N)=O)cc(N2CCC(O)(c3ccc(F)c(F)c3)CC2)n1. The number of aliphatic hydroxyl groups is 1. The van der Waals surface area contributed by atoms with Crippen LogP contribution in [-0.4, -0.2) is 42.3 Å². The number of carbonyl (C=O) groups excluding carboxylic acids is 1. The molecule has 5 N–H and O–H groups in total. The van der Waals surface area contributed by atoms with Crippen LogP contribution >= 0.6 is 0 Å². The predicted octanol–water partition coefficient (Wildman–Crippen LogP) is 2.34. The zero-order valence-corrected chi connectivity index (χ0v) is 17.4. The van der Waals surface area contributed by atoms with Crippen LogP contribution in [0.5, 0.6) is 0 Å². The number of rotatable bonds is 5. The average Bonchev–Trinajstić information content (AvgIpc) is 2.73. The third kappa shape index (κ3) is 4.72. The van der Waals surface area contributed by atoms with Gasteiger partial charge in [0.25, 0.3) is 0 Å². The first-order valence-corrected chi connectivity index (χ1v) is 9.78. The fourth-order valence-electron chi connectivity index (χ4n) is 3.64. The summed E-state index contributed by atoms with van der Waals surface area (Å²) in [5.41, 5.74) is 12.3. The van der Waals surface area contributed by atoms with Gasteiger partial charge in [-0.25, -0.2) is 13.8 Å². The molecule has 164 valence electrons. The number of aromatic nitrogens is 1. The highest BCUT2D eigenvalue weighted by Crippen LogP contribution is 2.35. The fraction of sp³-hybridized carbons (Fsp3) is 0.318. The summed E-state index contributed by atoms with van der Waals surface area (Å²) < 4.78 is 26.9. The number of hydrogen-bond acceptors (Lipinski definition) is 6. The van der Waals surface area contributed by atoms with E-state index in [0.717, 1.165) is 12.1 Å². The van der Waals surface area contributed by atoms with Crippen molar-refractivity contribution in [3.63, 3.8) is 0 Å². The highest BCUT2D eigenvalue weighted by Gasteiger charge is 2.35. The van der Waals surface area contributed by atoms with Crippen LogP contribution in [0.25, 0.3) is 5.57 Å². The smallest absolute Gasteiger partial charge is 0.248 e. The Labute approximate surface area is 179 Å². The van der Waals surface area contributed by atoms with Gasteiger partial charge in [0, 0.05) is 43.2 Å². The maximum absolute atomic E-state index is 13.6. The summed E-state index contributed by atoms with van der Waals surface area (Å²) in [6, 6.07) is 6.57. The van der Waals surface area contributed by atoms with Gasteiger partial charge in [-0.05, 0) is 49.6 Å². The second kappa shape index (κ2) is 8.81. The lowest BCUT2D eigenvalue weighted by Gasteiger charge is -2.39. The van der Waals surface area contributed by atoms with Crippen molar-refractivity contribution in [3.05, 3.63) is 64.5 Å². The van der Waals surface area contributed by atoms with E-state index in [1.165, 1.54) is 6.07 Å². The molecule has 0 atom stereocenters. The first kappa shape index (κ1) is 22.4. The zero-order chi connectivity index (χ0) is 22.8. The minimum atomic E-state index is -1.29. The van der Waals surface area contributed by atoms with Crippen molar-refractivity contribution in [3.8, 4) is 0 Å². The lowest BCUT2D eigenvalue weighted by atomic mass is 9.84. The number of pyridine rings is 1. The van der Waals surface area contributed by atoms with Crippen molar-refractivity contribution in [2.24, 2.45) is 16.5 Å². The summed E-state index contributed by atoms with van der Waals surface area (Å²) in [5.74, 6) is -2.06. The van der Waals surface area contributed by atoms with Gasteiger partial charge >= 0.3 is 0 Å². The predicted molar refractivity (Wildman–Crippen MR) is 116 cm³/mol. The molecule has 1 aromatic heterocycles. The summed E-state index contributed by atoms with van der Waals surface area (Å²) in [7, 11) is 1.60.